The zero-order valence-corrected chi connectivity index (χ0v) is 17.4. The fourth-order valence-electron chi connectivity index (χ4n) is 3.33. The van der Waals surface area contributed by atoms with Gasteiger partial charge in [-0.2, -0.15) is 0 Å². The number of nitrogens with zero attached hydrogens (tertiary/aromatic N) is 2. The van der Waals surface area contributed by atoms with Crippen LogP contribution in [-0.4, -0.2) is 42.9 Å². The minimum atomic E-state index is -0.0177. The van der Waals surface area contributed by atoms with E-state index >= 15 is 0 Å². The van der Waals surface area contributed by atoms with Gasteiger partial charge >= 0.3 is 0 Å². The summed E-state index contributed by atoms with van der Waals surface area (Å²) in [7, 11) is 0. The minimum Gasteiger partial charge on any atom is -0.366 e. The van der Waals surface area contributed by atoms with Crippen LogP contribution in [0.15, 0.2) is 54.6 Å². The fraction of sp³-hybridized carbons (Fsp3) is 0.304. The summed E-state index contributed by atoms with van der Waals surface area (Å²) < 4.78 is 0. The monoisotopic (exact) mass is 411 g/mol. The van der Waals surface area contributed by atoms with Crippen LogP contribution in [0.2, 0.25) is 5.02 Å². The molecule has 0 unspecified atom stereocenters. The zero-order valence-electron chi connectivity index (χ0n) is 16.6. The number of carbonyl (C=O) groups excluding carboxylic acids is 2. The highest BCUT2D eigenvalue weighted by atomic mass is 35.5. The number of carbonyl (C=O) groups is 2. The van der Waals surface area contributed by atoms with Gasteiger partial charge in [-0.05, 0) is 36.3 Å². The number of amides is 2. The summed E-state index contributed by atoms with van der Waals surface area (Å²) in [6.07, 6.45) is 4.74. The van der Waals surface area contributed by atoms with E-state index in [1.165, 1.54) is 0 Å². The molecule has 1 fully saturated rings. The summed E-state index contributed by atoms with van der Waals surface area (Å²) in [6.45, 7) is 4.62. The van der Waals surface area contributed by atoms with Crippen molar-refractivity contribution in [1.29, 1.82) is 0 Å². The van der Waals surface area contributed by atoms with Crippen LogP contribution in [0.1, 0.15) is 25.3 Å². The molecule has 0 radical (unpaired) electrons. The van der Waals surface area contributed by atoms with Crippen molar-refractivity contribution in [2.45, 2.75) is 19.8 Å². The van der Waals surface area contributed by atoms with Gasteiger partial charge in [-0.15, -0.1) is 0 Å². The van der Waals surface area contributed by atoms with Crippen LogP contribution >= 0.6 is 11.6 Å². The lowest BCUT2D eigenvalue weighted by molar-refractivity contribution is -0.126. The largest absolute Gasteiger partial charge is 0.366 e. The lowest BCUT2D eigenvalue weighted by atomic mass is 10.2. The molecular formula is C23H26ClN3O2. The third-order valence-corrected chi connectivity index (χ3v) is 5.09. The molecule has 29 heavy (non-hydrogen) atoms. The molecule has 5 nitrogen and oxygen atoms in total. The van der Waals surface area contributed by atoms with Gasteiger partial charge in [0.2, 0.25) is 11.8 Å². The Balaban J connectivity index is 1.62. The molecule has 0 aliphatic carbocycles. The molecule has 1 aliphatic heterocycles. The van der Waals surface area contributed by atoms with Gasteiger partial charge in [0.1, 0.15) is 0 Å². The number of hydrogen-bond donors (Lipinski definition) is 1. The molecule has 1 saturated heterocycles. The fourth-order valence-corrected chi connectivity index (χ4v) is 3.50. The van der Waals surface area contributed by atoms with E-state index < -0.39 is 0 Å². The van der Waals surface area contributed by atoms with Gasteiger partial charge in [0.15, 0.2) is 0 Å². The number of benzene rings is 2. The highest BCUT2D eigenvalue weighted by Crippen LogP contribution is 2.30. The molecule has 1 N–H and O–H groups in total. The van der Waals surface area contributed by atoms with Crippen LogP contribution in [0.3, 0.4) is 0 Å². The third kappa shape index (κ3) is 5.84. The van der Waals surface area contributed by atoms with Crippen LogP contribution in [-0.2, 0) is 9.59 Å². The first-order valence-electron chi connectivity index (χ1n) is 9.93. The van der Waals surface area contributed by atoms with Crippen molar-refractivity contribution in [1.82, 2.24) is 4.90 Å². The van der Waals surface area contributed by atoms with E-state index in [0.717, 1.165) is 23.4 Å². The molecule has 2 amide bonds. The SMILES string of the molecule is CCCC(=O)Nc1cc(Cl)ccc1N1CCN(C(=O)C=Cc2ccccc2)CC1. The predicted octanol–water partition coefficient (Wildman–Crippen LogP) is 4.44. The molecule has 0 bridgehead atoms. The van der Waals surface area contributed by atoms with Crippen molar-refractivity contribution in [3.8, 4) is 0 Å². The Morgan fingerprint density at radius 3 is 2.48 bits per heavy atom. The van der Waals surface area contributed by atoms with Crippen LogP contribution in [0.25, 0.3) is 6.08 Å². The van der Waals surface area contributed by atoms with Gasteiger partial charge < -0.3 is 15.1 Å². The molecule has 6 heteroatoms. The van der Waals surface area contributed by atoms with Crippen molar-refractivity contribution in [2.75, 3.05) is 36.4 Å². The maximum Gasteiger partial charge on any atom is 0.246 e. The Kier molecular flexibility index (Phi) is 7.30. The maximum atomic E-state index is 12.5. The number of hydrogen-bond acceptors (Lipinski definition) is 3. The summed E-state index contributed by atoms with van der Waals surface area (Å²) >= 11 is 6.14. The molecule has 0 saturated carbocycles. The van der Waals surface area contributed by atoms with Crippen molar-refractivity contribution < 1.29 is 9.59 Å². The van der Waals surface area contributed by atoms with Gasteiger partial charge in [0.05, 0.1) is 11.4 Å². The third-order valence-electron chi connectivity index (χ3n) is 4.86. The second kappa shape index (κ2) is 10.1. The lowest BCUT2D eigenvalue weighted by Gasteiger charge is -2.36. The molecule has 2 aromatic rings. The Labute approximate surface area is 177 Å². The average molecular weight is 412 g/mol. The summed E-state index contributed by atoms with van der Waals surface area (Å²) in [5.41, 5.74) is 2.67. The Bertz CT molecular complexity index is 875. The standard InChI is InChI=1S/C23H26ClN3O2/c1-2-6-22(28)25-20-17-19(24)10-11-21(20)26-13-15-27(16-14-26)23(29)12-9-18-7-4-3-5-8-18/h3-5,7-12,17H,2,6,13-16H2,1H3,(H,25,28). The zero-order chi connectivity index (χ0) is 20.6. The molecule has 3 rings (SSSR count). The van der Waals surface area contributed by atoms with Crippen molar-refractivity contribution >= 4 is 40.9 Å². The van der Waals surface area contributed by atoms with E-state index in [1.54, 1.807) is 12.1 Å². The number of anilines is 2. The second-order valence-electron chi connectivity index (χ2n) is 7.02. The first-order valence-corrected chi connectivity index (χ1v) is 10.3. The van der Waals surface area contributed by atoms with Crippen LogP contribution < -0.4 is 10.2 Å². The number of piperazine rings is 1. The molecule has 0 aromatic heterocycles. The lowest BCUT2D eigenvalue weighted by Crippen LogP contribution is -2.48. The number of rotatable bonds is 6. The first kappa shape index (κ1) is 20.9. The Hall–Kier alpha value is -2.79. The topological polar surface area (TPSA) is 52.7 Å². The van der Waals surface area contributed by atoms with Crippen LogP contribution in [0.4, 0.5) is 11.4 Å². The molecule has 152 valence electrons. The highest BCUT2D eigenvalue weighted by molar-refractivity contribution is 6.31. The van der Waals surface area contributed by atoms with Gasteiger partial charge in [-0.1, -0.05) is 48.9 Å². The minimum absolute atomic E-state index is 0.0149. The number of nitrogens with one attached hydrogen (secondary N) is 1. The second-order valence-corrected chi connectivity index (χ2v) is 7.45. The molecule has 1 heterocycles. The van der Waals surface area contributed by atoms with Gasteiger partial charge in [-0.3, -0.25) is 9.59 Å². The normalized spacial score (nSPS) is 14.3. The Morgan fingerprint density at radius 2 is 1.79 bits per heavy atom. The number of halogens is 1. The highest BCUT2D eigenvalue weighted by Gasteiger charge is 2.22. The van der Waals surface area contributed by atoms with E-state index in [2.05, 4.69) is 10.2 Å². The van der Waals surface area contributed by atoms with Gasteiger partial charge in [0.25, 0.3) is 0 Å². The average Bonchev–Trinajstić information content (AvgIpc) is 2.73. The summed E-state index contributed by atoms with van der Waals surface area (Å²) in [5.74, 6) is -0.00281. The molecule has 0 atom stereocenters. The summed E-state index contributed by atoms with van der Waals surface area (Å²) in [5, 5.41) is 3.55. The Morgan fingerprint density at radius 1 is 1.07 bits per heavy atom. The quantitative estimate of drug-likeness (QED) is 0.715. The smallest absolute Gasteiger partial charge is 0.246 e. The summed E-state index contributed by atoms with van der Waals surface area (Å²) in [4.78, 5) is 28.6. The van der Waals surface area contributed by atoms with Crippen molar-refractivity contribution in [3.63, 3.8) is 0 Å². The van der Waals surface area contributed by atoms with Crippen LogP contribution in [0, 0.1) is 0 Å². The van der Waals surface area contributed by atoms with Crippen molar-refractivity contribution in [2.24, 2.45) is 0 Å². The van der Waals surface area contributed by atoms with Gasteiger partial charge in [0, 0.05) is 43.7 Å². The van der Waals surface area contributed by atoms with E-state index in [1.807, 2.05) is 60.4 Å². The van der Waals surface area contributed by atoms with E-state index in [9.17, 15) is 9.59 Å². The molecule has 2 aromatic carbocycles. The van der Waals surface area contributed by atoms with Crippen molar-refractivity contribution in [3.05, 3.63) is 65.2 Å². The first-order chi connectivity index (χ1) is 14.1. The summed E-state index contributed by atoms with van der Waals surface area (Å²) in [6, 6.07) is 15.3. The van der Waals surface area contributed by atoms with E-state index in [-0.39, 0.29) is 11.8 Å². The van der Waals surface area contributed by atoms with Crippen LogP contribution in [0.5, 0.6) is 0 Å². The predicted molar refractivity (Wildman–Crippen MR) is 119 cm³/mol. The molecular weight excluding hydrogens is 386 g/mol. The molecule has 0 spiro atoms. The van der Waals surface area contributed by atoms with Gasteiger partial charge in [-0.25, -0.2) is 0 Å². The molecule has 1 aliphatic rings. The van der Waals surface area contributed by atoms with E-state index in [0.29, 0.717) is 37.6 Å². The van der Waals surface area contributed by atoms with E-state index in [4.69, 9.17) is 11.6 Å². The maximum absolute atomic E-state index is 12.5.